The molecule has 3 nitrogen and oxygen atoms in total. The van der Waals surface area contributed by atoms with Gasteiger partial charge < -0.3 is 10.0 Å². The number of aliphatic hydroxyl groups excluding tert-OH is 1. The van der Waals surface area contributed by atoms with Gasteiger partial charge in [-0.15, -0.1) is 11.3 Å². The predicted octanol–water partition coefficient (Wildman–Crippen LogP) is 1.85. The van der Waals surface area contributed by atoms with Gasteiger partial charge in [-0.2, -0.15) is 0 Å². The molecule has 0 unspecified atom stereocenters. The third kappa shape index (κ3) is 3.12. The van der Waals surface area contributed by atoms with Crippen LogP contribution in [0.15, 0.2) is 11.4 Å². The summed E-state index contributed by atoms with van der Waals surface area (Å²) in [6, 6.07) is 1.98. The van der Waals surface area contributed by atoms with Gasteiger partial charge in [0.2, 0.25) is 5.91 Å². The monoisotopic (exact) mass is 263 g/mol. The van der Waals surface area contributed by atoms with Gasteiger partial charge in [-0.05, 0) is 18.9 Å². The van der Waals surface area contributed by atoms with Crippen molar-refractivity contribution in [3.05, 3.63) is 21.9 Å². The van der Waals surface area contributed by atoms with Crippen LogP contribution in [0.5, 0.6) is 0 Å². The second kappa shape index (κ2) is 6.03. The number of amides is 1. The summed E-state index contributed by atoms with van der Waals surface area (Å²) in [5, 5.41) is 10.6. The molecule has 4 heteroatoms. The maximum atomic E-state index is 12.0. The molecule has 1 aromatic heterocycles. The van der Waals surface area contributed by atoms with Crippen LogP contribution in [-0.2, 0) is 11.3 Å². The largest absolute Gasteiger partial charge is 0.384 e. The fourth-order valence-corrected chi connectivity index (χ4v) is 2.82. The molecule has 0 saturated heterocycles. The second-order valence-electron chi connectivity index (χ2n) is 4.58. The minimum atomic E-state index is -0.120. The highest BCUT2D eigenvalue weighted by Gasteiger charge is 2.27. The molecule has 0 aliphatic heterocycles. The number of hydrogen-bond acceptors (Lipinski definition) is 3. The van der Waals surface area contributed by atoms with Gasteiger partial charge in [0, 0.05) is 28.8 Å². The van der Waals surface area contributed by atoms with E-state index in [1.165, 1.54) is 6.42 Å². The molecule has 1 saturated carbocycles. The molecule has 0 spiro atoms. The highest BCUT2D eigenvalue weighted by atomic mass is 32.1. The lowest BCUT2D eigenvalue weighted by Gasteiger charge is -2.28. The number of carbonyl (C=O) groups excluding carboxylic acids is 1. The van der Waals surface area contributed by atoms with Crippen LogP contribution < -0.4 is 0 Å². The Kier molecular flexibility index (Phi) is 4.40. The van der Waals surface area contributed by atoms with E-state index >= 15 is 0 Å². The highest BCUT2D eigenvalue weighted by molar-refractivity contribution is 7.10. The van der Waals surface area contributed by atoms with Gasteiger partial charge in [0.05, 0.1) is 6.54 Å². The molecule has 1 fully saturated rings. The van der Waals surface area contributed by atoms with Gasteiger partial charge >= 0.3 is 0 Å². The molecule has 1 aliphatic rings. The van der Waals surface area contributed by atoms with Gasteiger partial charge in [-0.25, -0.2) is 0 Å². The number of aliphatic hydroxyl groups is 1. The van der Waals surface area contributed by atoms with E-state index in [1.54, 1.807) is 16.2 Å². The van der Waals surface area contributed by atoms with Gasteiger partial charge in [-0.1, -0.05) is 18.3 Å². The smallest absolute Gasteiger partial charge is 0.225 e. The fourth-order valence-electron chi connectivity index (χ4n) is 1.95. The summed E-state index contributed by atoms with van der Waals surface area (Å²) in [6.07, 6.45) is 3.27. The van der Waals surface area contributed by atoms with E-state index in [2.05, 4.69) is 11.8 Å². The minimum absolute atomic E-state index is 0.120. The lowest BCUT2D eigenvalue weighted by atomic mass is 9.84. The van der Waals surface area contributed by atoms with E-state index < -0.39 is 0 Å². The van der Waals surface area contributed by atoms with Crippen molar-refractivity contribution in [1.29, 1.82) is 0 Å². The second-order valence-corrected chi connectivity index (χ2v) is 5.58. The standard InChI is InChI=1S/C14H17NO2S/c1-15(14(17)12-5-2-6-12)9-13-8-11(10-18-13)4-3-7-16/h8,10,12,16H,2,5-7,9H2,1H3. The average Bonchev–Trinajstić information content (AvgIpc) is 2.71. The van der Waals surface area contributed by atoms with Crippen LogP contribution in [0.2, 0.25) is 0 Å². The van der Waals surface area contributed by atoms with Crippen LogP contribution in [0.1, 0.15) is 29.7 Å². The Bertz CT molecular complexity index is 479. The van der Waals surface area contributed by atoms with Crippen molar-refractivity contribution in [2.24, 2.45) is 5.92 Å². The van der Waals surface area contributed by atoms with Crippen molar-refractivity contribution < 1.29 is 9.90 Å². The normalized spacial score (nSPS) is 14.6. The SMILES string of the molecule is CN(Cc1cc(C#CCO)cs1)C(=O)C1CCC1. The van der Waals surface area contributed by atoms with Gasteiger partial charge in [0.25, 0.3) is 0 Å². The first-order valence-corrected chi connectivity index (χ1v) is 7.01. The van der Waals surface area contributed by atoms with Crippen molar-refractivity contribution in [3.8, 4) is 11.8 Å². The molecule has 1 amide bonds. The molecule has 0 radical (unpaired) electrons. The zero-order chi connectivity index (χ0) is 13.0. The summed E-state index contributed by atoms with van der Waals surface area (Å²) < 4.78 is 0. The number of nitrogens with zero attached hydrogens (tertiary/aromatic N) is 1. The fraction of sp³-hybridized carbons (Fsp3) is 0.500. The Labute approximate surface area is 111 Å². The first-order valence-electron chi connectivity index (χ1n) is 6.13. The third-order valence-electron chi connectivity index (χ3n) is 3.19. The minimum Gasteiger partial charge on any atom is -0.384 e. The maximum Gasteiger partial charge on any atom is 0.225 e. The summed E-state index contributed by atoms with van der Waals surface area (Å²) in [7, 11) is 1.86. The van der Waals surface area contributed by atoms with Crippen molar-refractivity contribution in [2.75, 3.05) is 13.7 Å². The summed E-state index contributed by atoms with van der Waals surface area (Å²) in [5.74, 6) is 6.01. The Balaban J connectivity index is 1.92. The van der Waals surface area contributed by atoms with Crippen LogP contribution in [0.4, 0.5) is 0 Å². The lowest BCUT2D eigenvalue weighted by Crippen LogP contribution is -2.35. The van der Waals surface area contributed by atoms with E-state index in [1.807, 2.05) is 18.5 Å². The molecule has 1 N–H and O–H groups in total. The molecule has 0 aromatic carbocycles. The third-order valence-corrected chi connectivity index (χ3v) is 4.11. The first kappa shape index (κ1) is 13.1. The Morgan fingerprint density at radius 3 is 3.00 bits per heavy atom. The van der Waals surface area contributed by atoms with Gasteiger partial charge in [-0.3, -0.25) is 4.79 Å². The van der Waals surface area contributed by atoms with Crippen molar-refractivity contribution >= 4 is 17.2 Å². The topological polar surface area (TPSA) is 40.5 Å². The molecule has 0 atom stereocenters. The van der Waals surface area contributed by atoms with Crippen LogP contribution in [0, 0.1) is 17.8 Å². The Morgan fingerprint density at radius 2 is 2.39 bits per heavy atom. The van der Waals surface area contributed by atoms with E-state index in [4.69, 9.17) is 5.11 Å². The lowest BCUT2D eigenvalue weighted by molar-refractivity contribution is -0.137. The van der Waals surface area contributed by atoms with Crippen LogP contribution in [0.25, 0.3) is 0 Å². The molecular weight excluding hydrogens is 246 g/mol. The Hall–Kier alpha value is -1.31. The summed E-state index contributed by atoms with van der Waals surface area (Å²) >= 11 is 1.61. The molecule has 1 aliphatic carbocycles. The number of carbonyl (C=O) groups is 1. The maximum absolute atomic E-state index is 12.0. The summed E-state index contributed by atoms with van der Waals surface area (Å²) in [4.78, 5) is 14.9. The zero-order valence-corrected chi connectivity index (χ0v) is 11.3. The zero-order valence-electron chi connectivity index (χ0n) is 10.5. The van der Waals surface area contributed by atoms with Gasteiger partial charge in [0.15, 0.2) is 0 Å². The molecule has 18 heavy (non-hydrogen) atoms. The van der Waals surface area contributed by atoms with E-state index in [0.717, 1.165) is 23.3 Å². The first-order chi connectivity index (χ1) is 8.70. The van der Waals surface area contributed by atoms with Crippen LogP contribution in [-0.4, -0.2) is 29.6 Å². The molecular formula is C14H17NO2S. The summed E-state index contributed by atoms with van der Waals surface area (Å²) in [6.45, 7) is 0.534. The van der Waals surface area contributed by atoms with Gasteiger partial charge in [0.1, 0.15) is 6.61 Å². The molecule has 1 aromatic rings. The van der Waals surface area contributed by atoms with Crippen LogP contribution >= 0.6 is 11.3 Å². The van der Waals surface area contributed by atoms with E-state index in [-0.39, 0.29) is 18.4 Å². The number of thiophene rings is 1. The van der Waals surface area contributed by atoms with E-state index in [0.29, 0.717) is 6.54 Å². The highest BCUT2D eigenvalue weighted by Crippen LogP contribution is 2.28. The summed E-state index contributed by atoms with van der Waals surface area (Å²) in [5.41, 5.74) is 0.911. The number of hydrogen-bond donors (Lipinski definition) is 1. The molecule has 0 bridgehead atoms. The number of rotatable bonds is 3. The molecule has 1 heterocycles. The predicted molar refractivity (Wildman–Crippen MR) is 72.1 cm³/mol. The average molecular weight is 263 g/mol. The molecule has 2 rings (SSSR count). The Morgan fingerprint density at radius 1 is 1.61 bits per heavy atom. The van der Waals surface area contributed by atoms with Crippen LogP contribution in [0.3, 0.4) is 0 Å². The van der Waals surface area contributed by atoms with Crippen molar-refractivity contribution in [2.45, 2.75) is 25.8 Å². The van der Waals surface area contributed by atoms with Crippen molar-refractivity contribution in [1.82, 2.24) is 4.90 Å². The van der Waals surface area contributed by atoms with Crippen molar-refractivity contribution in [3.63, 3.8) is 0 Å². The quantitative estimate of drug-likeness (QED) is 0.846. The molecule has 96 valence electrons. The van der Waals surface area contributed by atoms with E-state index in [9.17, 15) is 4.79 Å².